The molecule has 2 amide bonds. The maximum absolute atomic E-state index is 14.1. The summed E-state index contributed by atoms with van der Waals surface area (Å²) in [6, 6.07) is 19.4. The van der Waals surface area contributed by atoms with Crippen molar-refractivity contribution in [2.45, 2.75) is 70.9 Å². The van der Waals surface area contributed by atoms with Gasteiger partial charge in [-0.25, -0.2) is 37.5 Å². The fourth-order valence-corrected chi connectivity index (χ4v) is 7.30. The van der Waals surface area contributed by atoms with E-state index in [9.17, 15) is 27.2 Å². The van der Waals surface area contributed by atoms with Crippen LogP contribution in [0.4, 0.5) is 29.2 Å². The van der Waals surface area contributed by atoms with Crippen LogP contribution >= 0.6 is 0 Å². The lowest BCUT2D eigenvalue weighted by atomic mass is 10.1. The second kappa shape index (κ2) is 17.3. The summed E-state index contributed by atoms with van der Waals surface area (Å²) < 4.78 is 59.6. The van der Waals surface area contributed by atoms with E-state index >= 15 is 0 Å². The number of nitrogens with zero attached hydrogens (tertiary/aromatic N) is 6. The predicted octanol–water partition coefficient (Wildman–Crippen LogP) is 9.47. The monoisotopic (exact) mass is 856 g/mol. The average Bonchev–Trinajstić information content (AvgIpc) is 4.20. The molecule has 0 saturated heterocycles. The Hall–Kier alpha value is -7.10. The van der Waals surface area contributed by atoms with Gasteiger partial charge in [0.1, 0.15) is 0 Å². The third kappa shape index (κ3) is 8.57. The Labute approximate surface area is 359 Å². The van der Waals surface area contributed by atoms with Gasteiger partial charge >= 0.3 is 0 Å². The number of hydrogen-bond donors (Lipinski definition) is 4. The third-order valence-corrected chi connectivity index (χ3v) is 11.0. The molecule has 4 N–H and O–H groups in total. The van der Waals surface area contributed by atoms with Crippen LogP contribution in [0, 0.1) is 23.3 Å². The first-order valence-electron chi connectivity index (χ1n) is 21.2. The summed E-state index contributed by atoms with van der Waals surface area (Å²) in [5.74, 6) is -2.95. The van der Waals surface area contributed by atoms with E-state index in [-0.39, 0.29) is 23.9 Å². The lowest BCUT2D eigenvalue weighted by Crippen LogP contribution is -2.25. The Morgan fingerprint density at radius 2 is 1.00 bits per heavy atom. The molecule has 63 heavy (non-hydrogen) atoms. The molecule has 2 aliphatic carbocycles. The minimum atomic E-state index is -0.950. The topological polar surface area (TPSA) is 143 Å². The Morgan fingerprint density at radius 3 is 1.40 bits per heavy atom. The van der Waals surface area contributed by atoms with E-state index < -0.39 is 23.3 Å². The third-order valence-electron chi connectivity index (χ3n) is 11.0. The van der Waals surface area contributed by atoms with Gasteiger partial charge in [-0.15, -0.1) is 0 Å². The molecule has 2 aliphatic rings. The number of hydrogen-bond acceptors (Lipinski definition) is 8. The van der Waals surface area contributed by atoms with Crippen LogP contribution in [0.1, 0.15) is 79.5 Å². The first-order chi connectivity index (χ1) is 30.6. The molecule has 0 unspecified atom stereocenters. The number of carbonyl (C=O) groups excluding carboxylic acids is 2. The highest BCUT2D eigenvalue weighted by molar-refractivity contribution is 5.96. The molecule has 2 fully saturated rings. The Balaban J connectivity index is 0.000000160. The quantitative estimate of drug-likeness (QED) is 0.0664. The van der Waals surface area contributed by atoms with Crippen molar-refractivity contribution in [2.24, 2.45) is 0 Å². The van der Waals surface area contributed by atoms with Crippen molar-refractivity contribution in [3.05, 3.63) is 120 Å². The summed E-state index contributed by atoms with van der Waals surface area (Å²) in [6.07, 6.45) is 10.3. The van der Waals surface area contributed by atoms with Crippen molar-refractivity contribution in [2.75, 3.05) is 23.7 Å². The van der Waals surface area contributed by atoms with E-state index in [1.54, 1.807) is 45.5 Å². The van der Waals surface area contributed by atoms with Crippen molar-refractivity contribution < 1.29 is 27.2 Å². The van der Waals surface area contributed by atoms with Crippen LogP contribution < -0.4 is 21.3 Å². The number of rotatable bonds is 13. The normalized spacial score (nSPS) is 13.6. The van der Waals surface area contributed by atoms with Gasteiger partial charge in [0, 0.05) is 71.7 Å². The van der Waals surface area contributed by atoms with Crippen LogP contribution in [-0.4, -0.2) is 65.7 Å². The summed E-state index contributed by atoms with van der Waals surface area (Å²) in [7, 11) is 0. The van der Waals surface area contributed by atoms with Crippen molar-refractivity contribution >= 4 is 56.8 Å². The van der Waals surface area contributed by atoms with E-state index in [4.69, 9.17) is 0 Å². The molecule has 4 aromatic carbocycles. The zero-order valence-corrected chi connectivity index (χ0v) is 34.6. The lowest BCUT2D eigenvalue weighted by Gasteiger charge is -2.12. The fraction of sp³-hybridized carbons (Fsp3) is 0.277. The average molecular weight is 857 g/mol. The van der Waals surface area contributed by atoms with Crippen LogP contribution in [0.5, 0.6) is 0 Å². The van der Waals surface area contributed by atoms with Gasteiger partial charge in [-0.05, 0) is 62.8 Å². The number of fused-ring (bicyclic) bond motifs is 6. The number of unbranched alkanes of at least 4 members (excludes halogenated alkanes) is 1. The molecule has 0 radical (unpaired) electrons. The van der Waals surface area contributed by atoms with E-state index in [0.29, 0.717) is 80.6 Å². The van der Waals surface area contributed by atoms with Crippen LogP contribution in [0.2, 0.25) is 0 Å². The summed E-state index contributed by atoms with van der Waals surface area (Å²) >= 11 is 0. The Morgan fingerprint density at radius 1 is 0.587 bits per heavy atom. The van der Waals surface area contributed by atoms with Gasteiger partial charge in [0.25, 0.3) is 11.8 Å². The molecule has 4 aromatic heterocycles. The number of aromatic nitrogens is 6. The van der Waals surface area contributed by atoms with Gasteiger partial charge in [0.05, 0.1) is 45.8 Å². The lowest BCUT2D eigenvalue weighted by molar-refractivity contribution is 0.0942. The molecule has 4 heterocycles. The van der Waals surface area contributed by atoms with Crippen LogP contribution in [0.15, 0.2) is 85.2 Å². The van der Waals surface area contributed by atoms with E-state index in [1.165, 1.54) is 0 Å². The standard InChI is InChI=1S/C24H23F2N5O.C23H21F2N5O/c1-2-3-10-27-22-23-28-13-21(31(23)20-12-18(26)17(25)11-19(20)30-22)14-4-6-15(7-5-14)24(32)29-16-8-9-16;1-2-9-26-21-22-27-12-20(30(22)19-11-17(25)16(24)10-18(19)29-21)13-3-5-14(6-4-13)23(31)28-15-7-8-15/h4-7,11-13,16H,2-3,8-10H2,1H3,(H,27,30)(H,29,32);3-6,10-12,15H,2,7-9H2,1H3,(H,26,29)(H,28,31). The van der Waals surface area contributed by atoms with Gasteiger partial charge in [-0.2, -0.15) is 0 Å². The van der Waals surface area contributed by atoms with Crippen molar-refractivity contribution in [1.29, 1.82) is 0 Å². The van der Waals surface area contributed by atoms with E-state index in [1.807, 2.05) is 31.2 Å². The predicted molar refractivity (Wildman–Crippen MR) is 235 cm³/mol. The highest BCUT2D eigenvalue weighted by Crippen LogP contribution is 2.32. The van der Waals surface area contributed by atoms with Crippen LogP contribution in [0.25, 0.3) is 55.9 Å². The molecule has 8 aromatic rings. The molecule has 16 heteroatoms. The first-order valence-corrected chi connectivity index (χ1v) is 21.2. The summed E-state index contributed by atoms with van der Waals surface area (Å²) in [5, 5.41) is 12.4. The molecule has 0 bridgehead atoms. The van der Waals surface area contributed by atoms with Gasteiger partial charge < -0.3 is 21.3 Å². The van der Waals surface area contributed by atoms with Crippen molar-refractivity contribution in [1.82, 2.24) is 39.4 Å². The number of halogens is 4. The van der Waals surface area contributed by atoms with Crippen LogP contribution in [-0.2, 0) is 0 Å². The molecule has 10 rings (SSSR count). The number of imidazole rings is 2. The SMILES string of the molecule is CCCCNc1nc2cc(F)c(F)cc2n2c(-c3ccc(C(=O)NC4CC4)cc3)cnc12.CCCNc1nc2cc(F)c(F)cc2n2c(-c3ccc(C(=O)NC4CC4)cc3)cnc12. The van der Waals surface area contributed by atoms with Gasteiger partial charge in [-0.3, -0.25) is 18.4 Å². The Kier molecular flexibility index (Phi) is 11.4. The maximum atomic E-state index is 14.1. The summed E-state index contributed by atoms with van der Waals surface area (Å²) in [5.41, 5.74) is 6.70. The number of anilines is 2. The molecule has 322 valence electrons. The molecule has 0 aliphatic heterocycles. The van der Waals surface area contributed by atoms with E-state index in [0.717, 1.165) is 80.3 Å². The molecule has 2 saturated carbocycles. The number of benzene rings is 4. The van der Waals surface area contributed by atoms with Crippen LogP contribution in [0.3, 0.4) is 0 Å². The molecule has 12 nitrogen and oxygen atoms in total. The number of nitrogens with one attached hydrogen (secondary N) is 4. The summed E-state index contributed by atoms with van der Waals surface area (Å²) in [6.45, 7) is 5.48. The maximum Gasteiger partial charge on any atom is 0.251 e. The van der Waals surface area contributed by atoms with E-state index in [2.05, 4.69) is 48.1 Å². The Bertz CT molecular complexity index is 3020. The second-order valence-corrected chi connectivity index (χ2v) is 15.9. The van der Waals surface area contributed by atoms with Crippen molar-refractivity contribution in [3.8, 4) is 22.5 Å². The highest BCUT2D eigenvalue weighted by Gasteiger charge is 2.25. The highest BCUT2D eigenvalue weighted by atomic mass is 19.2. The van der Waals surface area contributed by atoms with Gasteiger partial charge in [0.2, 0.25) is 0 Å². The minimum Gasteiger partial charge on any atom is -0.367 e. The molecule has 0 spiro atoms. The largest absolute Gasteiger partial charge is 0.367 e. The molecular formula is C47H44F4N10O2. The molecular weight excluding hydrogens is 813 g/mol. The number of amides is 2. The first kappa shape index (κ1) is 41.3. The summed E-state index contributed by atoms with van der Waals surface area (Å²) in [4.78, 5) is 42.6. The van der Waals surface area contributed by atoms with Gasteiger partial charge in [0.15, 0.2) is 46.2 Å². The number of carbonyl (C=O) groups is 2. The second-order valence-electron chi connectivity index (χ2n) is 15.9. The zero-order valence-electron chi connectivity index (χ0n) is 34.6. The van der Waals surface area contributed by atoms with Crippen molar-refractivity contribution in [3.63, 3.8) is 0 Å². The fourth-order valence-electron chi connectivity index (χ4n) is 7.30. The zero-order chi connectivity index (χ0) is 43.8. The molecule has 0 atom stereocenters. The smallest absolute Gasteiger partial charge is 0.251 e. The van der Waals surface area contributed by atoms with Gasteiger partial charge in [-0.1, -0.05) is 44.5 Å². The minimum absolute atomic E-state index is 0.0909.